The Kier molecular flexibility index (Phi) is 7.85. The molecular formula is C25H22Cl2N4O3S. The molecular weight excluding hydrogens is 507 g/mol. The number of aromatic nitrogens is 3. The fourth-order valence-electron chi connectivity index (χ4n) is 3.29. The van der Waals surface area contributed by atoms with Crippen LogP contribution in [0, 0.1) is 6.92 Å². The third-order valence-corrected chi connectivity index (χ3v) is 7.03. The summed E-state index contributed by atoms with van der Waals surface area (Å²) in [5.74, 6) is 0.628. The number of halogens is 2. The third kappa shape index (κ3) is 6.28. The summed E-state index contributed by atoms with van der Waals surface area (Å²) >= 11 is 12.1. The zero-order chi connectivity index (χ0) is 24.8. The summed E-state index contributed by atoms with van der Waals surface area (Å²) in [6.45, 7) is 2.01. The molecule has 0 spiro atoms. The molecule has 0 saturated carbocycles. The van der Waals surface area contributed by atoms with Crippen LogP contribution < -0.4 is 9.46 Å². The smallest absolute Gasteiger partial charge is 0.263 e. The van der Waals surface area contributed by atoms with Crippen molar-refractivity contribution >= 4 is 39.0 Å². The van der Waals surface area contributed by atoms with Crippen molar-refractivity contribution in [2.75, 3.05) is 4.72 Å². The predicted octanol–water partition coefficient (Wildman–Crippen LogP) is 5.70. The van der Waals surface area contributed by atoms with Crippen LogP contribution >= 0.6 is 23.2 Å². The summed E-state index contributed by atoms with van der Waals surface area (Å²) in [4.78, 5) is 13.1. The van der Waals surface area contributed by atoms with E-state index in [2.05, 4.69) is 19.7 Å². The molecule has 2 aromatic carbocycles. The number of pyridine rings is 1. The van der Waals surface area contributed by atoms with Gasteiger partial charge in [-0.25, -0.2) is 18.4 Å². The Morgan fingerprint density at radius 3 is 2.29 bits per heavy atom. The number of nitrogens with one attached hydrogen (secondary N) is 1. The summed E-state index contributed by atoms with van der Waals surface area (Å²) in [5.41, 5.74) is 4.73. The monoisotopic (exact) mass is 528 g/mol. The number of sulfonamides is 1. The van der Waals surface area contributed by atoms with Gasteiger partial charge in [0.25, 0.3) is 15.9 Å². The average Bonchev–Trinajstić information content (AvgIpc) is 2.88. The van der Waals surface area contributed by atoms with Crippen molar-refractivity contribution in [1.82, 2.24) is 15.0 Å². The van der Waals surface area contributed by atoms with E-state index in [1.165, 1.54) is 18.3 Å². The van der Waals surface area contributed by atoms with Gasteiger partial charge in [0.2, 0.25) is 5.82 Å². The Hall–Kier alpha value is -3.20. The standard InChI is InChI=1S/C25H22Cl2N4O3S/c1-17-4-6-22(7-5-17)35(32,33)31-24-25(34-16-18-3-2-8-28-14-18)30-23(15-29-24)21-10-19(12-26)9-20(11-21)13-27/h2-11,14-15H,12-13,16H2,1H3,(H,29,31). The molecule has 180 valence electrons. The average molecular weight is 529 g/mol. The topological polar surface area (TPSA) is 94.1 Å². The summed E-state index contributed by atoms with van der Waals surface area (Å²) < 4.78 is 34.4. The number of aryl methyl sites for hydroxylation is 1. The van der Waals surface area contributed by atoms with Gasteiger partial charge in [-0.1, -0.05) is 29.8 Å². The Labute approximate surface area is 214 Å². The summed E-state index contributed by atoms with van der Waals surface area (Å²) in [5, 5.41) is 0. The normalized spacial score (nSPS) is 11.3. The van der Waals surface area contributed by atoms with Crippen molar-refractivity contribution in [1.29, 1.82) is 0 Å². The highest BCUT2D eigenvalue weighted by Gasteiger charge is 2.20. The molecule has 0 aliphatic carbocycles. The fraction of sp³-hybridized carbons (Fsp3) is 0.160. The Morgan fingerprint density at radius 2 is 1.66 bits per heavy atom. The van der Waals surface area contributed by atoms with Crippen LogP contribution in [0.1, 0.15) is 22.3 Å². The molecule has 4 aromatic rings. The quantitative estimate of drug-likeness (QED) is 0.280. The first-order chi connectivity index (χ1) is 16.9. The molecule has 0 bridgehead atoms. The second kappa shape index (κ2) is 11.0. The van der Waals surface area contributed by atoms with E-state index in [0.717, 1.165) is 27.8 Å². The van der Waals surface area contributed by atoms with Crippen molar-refractivity contribution in [2.45, 2.75) is 30.2 Å². The van der Waals surface area contributed by atoms with E-state index in [1.54, 1.807) is 30.6 Å². The minimum absolute atomic E-state index is 0.0238. The number of alkyl halides is 2. The largest absolute Gasteiger partial charge is 0.470 e. The highest BCUT2D eigenvalue weighted by molar-refractivity contribution is 7.92. The maximum absolute atomic E-state index is 13.0. The molecule has 7 nitrogen and oxygen atoms in total. The lowest BCUT2D eigenvalue weighted by Crippen LogP contribution is -2.16. The molecule has 0 atom stereocenters. The molecule has 4 rings (SSSR count). The molecule has 10 heteroatoms. The van der Waals surface area contributed by atoms with E-state index in [9.17, 15) is 8.42 Å². The Bertz CT molecular complexity index is 1390. The summed E-state index contributed by atoms with van der Waals surface area (Å²) in [7, 11) is -3.91. The van der Waals surface area contributed by atoms with Gasteiger partial charge in [-0.05, 0) is 48.4 Å². The van der Waals surface area contributed by atoms with Crippen molar-refractivity contribution in [3.05, 3.63) is 95.4 Å². The van der Waals surface area contributed by atoms with Crippen LogP contribution in [0.25, 0.3) is 11.3 Å². The van der Waals surface area contributed by atoms with Gasteiger partial charge in [0.1, 0.15) is 6.61 Å². The van der Waals surface area contributed by atoms with Crippen LogP contribution in [-0.2, 0) is 28.4 Å². The maximum atomic E-state index is 13.0. The van der Waals surface area contributed by atoms with Crippen LogP contribution in [0.3, 0.4) is 0 Å². The summed E-state index contributed by atoms with van der Waals surface area (Å²) in [6.07, 6.45) is 4.79. The molecule has 0 unspecified atom stereocenters. The number of benzene rings is 2. The van der Waals surface area contributed by atoms with E-state index in [-0.39, 0.29) is 23.2 Å². The second-order valence-corrected chi connectivity index (χ2v) is 10.00. The lowest BCUT2D eigenvalue weighted by Gasteiger charge is -2.14. The van der Waals surface area contributed by atoms with E-state index in [0.29, 0.717) is 17.5 Å². The first-order valence-electron chi connectivity index (χ1n) is 10.6. The highest BCUT2D eigenvalue weighted by atomic mass is 35.5. The first-order valence-corrected chi connectivity index (χ1v) is 13.2. The number of nitrogens with zero attached hydrogens (tertiary/aromatic N) is 3. The first kappa shape index (κ1) is 24.9. The van der Waals surface area contributed by atoms with Gasteiger partial charge in [-0.3, -0.25) is 9.71 Å². The molecule has 0 aliphatic rings. The molecule has 2 aromatic heterocycles. The molecule has 0 aliphatic heterocycles. The van der Waals surface area contributed by atoms with Crippen molar-refractivity contribution in [3.8, 4) is 17.1 Å². The van der Waals surface area contributed by atoms with Gasteiger partial charge in [0.15, 0.2) is 0 Å². The predicted molar refractivity (Wildman–Crippen MR) is 137 cm³/mol. The van der Waals surface area contributed by atoms with Crippen LogP contribution in [0.5, 0.6) is 5.88 Å². The number of hydrogen-bond donors (Lipinski definition) is 1. The molecule has 0 amide bonds. The van der Waals surface area contributed by atoms with Gasteiger partial charge in [-0.2, -0.15) is 0 Å². The number of anilines is 1. The van der Waals surface area contributed by atoms with Crippen LogP contribution in [0.2, 0.25) is 0 Å². The van der Waals surface area contributed by atoms with Crippen molar-refractivity contribution in [2.24, 2.45) is 0 Å². The highest BCUT2D eigenvalue weighted by Crippen LogP contribution is 2.29. The molecule has 1 N–H and O–H groups in total. The van der Waals surface area contributed by atoms with Gasteiger partial charge in [0, 0.05) is 35.3 Å². The number of rotatable bonds is 9. The van der Waals surface area contributed by atoms with Crippen LogP contribution in [-0.4, -0.2) is 23.4 Å². The fourth-order valence-corrected chi connectivity index (χ4v) is 4.60. The molecule has 2 heterocycles. The van der Waals surface area contributed by atoms with E-state index in [4.69, 9.17) is 27.9 Å². The molecule has 0 saturated heterocycles. The third-order valence-electron chi connectivity index (χ3n) is 5.06. The molecule has 0 radical (unpaired) electrons. The zero-order valence-electron chi connectivity index (χ0n) is 18.8. The van der Waals surface area contributed by atoms with Crippen LogP contribution in [0.15, 0.2) is 78.1 Å². The van der Waals surface area contributed by atoms with Crippen LogP contribution in [0.4, 0.5) is 5.82 Å². The maximum Gasteiger partial charge on any atom is 0.263 e. The van der Waals surface area contributed by atoms with Crippen molar-refractivity contribution < 1.29 is 13.2 Å². The van der Waals surface area contributed by atoms with Gasteiger partial charge < -0.3 is 4.74 Å². The summed E-state index contributed by atoms with van der Waals surface area (Å²) in [6, 6.07) is 15.8. The lowest BCUT2D eigenvalue weighted by molar-refractivity contribution is 0.294. The number of hydrogen-bond acceptors (Lipinski definition) is 6. The van der Waals surface area contributed by atoms with Gasteiger partial charge in [0.05, 0.1) is 16.8 Å². The van der Waals surface area contributed by atoms with E-state index in [1.807, 2.05) is 31.2 Å². The second-order valence-electron chi connectivity index (χ2n) is 7.78. The minimum Gasteiger partial charge on any atom is -0.470 e. The van der Waals surface area contributed by atoms with Gasteiger partial charge >= 0.3 is 0 Å². The van der Waals surface area contributed by atoms with E-state index >= 15 is 0 Å². The molecule has 0 fully saturated rings. The Morgan fingerprint density at radius 1 is 0.943 bits per heavy atom. The molecule has 35 heavy (non-hydrogen) atoms. The Balaban J connectivity index is 1.72. The zero-order valence-corrected chi connectivity index (χ0v) is 21.1. The van der Waals surface area contributed by atoms with Gasteiger partial charge in [-0.15, -0.1) is 23.2 Å². The number of ether oxygens (including phenoxy) is 1. The minimum atomic E-state index is -3.91. The van der Waals surface area contributed by atoms with Crippen molar-refractivity contribution in [3.63, 3.8) is 0 Å². The van der Waals surface area contributed by atoms with E-state index < -0.39 is 10.0 Å². The lowest BCUT2D eigenvalue weighted by atomic mass is 10.1. The SMILES string of the molecule is Cc1ccc(S(=O)(=O)Nc2ncc(-c3cc(CCl)cc(CCl)c3)nc2OCc2cccnc2)cc1.